The zero-order valence-electron chi connectivity index (χ0n) is 27.8. The lowest BCUT2D eigenvalue weighted by atomic mass is 9.88. The largest absolute Gasteiger partial charge is 0.298 e. The van der Waals surface area contributed by atoms with Crippen LogP contribution in [0.5, 0.6) is 0 Å². The smallest absolute Gasteiger partial charge is 0.106 e. The molecule has 0 saturated heterocycles. The molecule has 0 amide bonds. The Balaban J connectivity index is 1.34. The Morgan fingerprint density at radius 1 is 0.596 bits per heavy atom. The van der Waals surface area contributed by atoms with Crippen LogP contribution in [0.15, 0.2) is 101 Å². The number of nitrogens with one attached hydrogen (secondary N) is 1. The highest BCUT2D eigenvalue weighted by atomic mass is 32.1. The maximum Gasteiger partial charge on any atom is 0.106 e. The third-order valence-corrected chi connectivity index (χ3v) is 12.2. The normalized spacial score (nSPS) is 15.3. The van der Waals surface area contributed by atoms with Gasteiger partial charge in [-0.15, -0.1) is 22.7 Å². The van der Waals surface area contributed by atoms with Gasteiger partial charge < -0.3 is 0 Å². The van der Waals surface area contributed by atoms with Gasteiger partial charge in [-0.2, -0.15) is 0 Å². The minimum atomic E-state index is 0.420. The first-order valence-electron chi connectivity index (χ1n) is 16.9. The van der Waals surface area contributed by atoms with Crippen molar-refractivity contribution in [2.24, 2.45) is 16.2 Å². The van der Waals surface area contributed by atoms with E-state index in [0.717, 1.165) is 56.0 Å². The predicted octanol–water partition coefficient (Wildman–Crippen LogP) is 10.8. The second-order valence-electron chi connectivity index (χ2n) is 12.9. The summed E-state index contributed by atoms with van der Waals surface area (Å²) in [6.07, 6.45) is 7.16. The molecule has 0 bridgehead atoms. The maximum absolute atomic E-state index is 9.44. The molecule has 1 N–H and O–H groups in total. The monoisotopic (exact) mass is 672 g/mol. The molecule has 0 fully saturated rings. The molecular weight excluding hydrogens is 629 g/mol. The van der Waals surface area contributed by atoms with Crippen LogP contribution in [-0.4, -0.2) is 11.4 Å². The van der Waals surface area contributed by atoms with Crippen molar-refractivity contribution in [3.63, 3.8) is 0 Å². The fourth-order valence-corrected chi connectivity index (χ4v) is 8.54. The van der Waals surface area contributed by atoms with Crippen LogP contribution < -0.4 is 10.4 Å². The summed E-state index contributed by atoms with van der Waals surface area (Å²) in [5.74, 6) is 1.51. The van der Waals surface area contributed by atoms with Crippen molar-refractivity contribution in [2.75, 3.05) is 0 Å². The highest BCUT2D eigenvalue weighted by Crippen LogP contribution is 2.36. The van der Waals surface area contributed by atoms with Gasteiger partial charge in [-0.05, 0) is 107 Å². The van der Waals surface area contributed by atoms with Gasteiger partial charge >= 0.3 is 0 Å². The van der Waals surface area contributed by atoms with E-state index < -0.39 is 0 Å². The summed E-state index contributed by atoms with van der Waals surface area (Å²) < 4.78 is 4.45. The molecule has 2 heterocycles. The average Bonchev–Trinajstić information content (AvgIpc) is 3.80. The zero-order valence-corrected chi connectivity index (χ0v) is 30.4. The summed E-state index contributed by atoms with van der Waals surface area (Å²) in [5, 5.41) is 11.6. The van der Waals surface area contributed by atoms with E-state index in [2.05, 4.69) is 142 Å². The van der Waals surface area contributed by atoms with Gasteiger partial charge in [0.2, 0.25) is 0 Å². The van der Waals surface area contributed by atoms with Gasteiger partial charge in [0.15, 0.2) is 0 Å². The number of benzene rings is 3. The quantitative estimate of drug-likeness (QED) is 0.124. The first-order chi connectivity index (χ1) is 22.9. The Labute approximate surface area is 293 Å². The fraction of sp³-hybridized carbons (Fsp3) is 0.286. The number of hydrogen-bond donors (Lipinski definition) is 2. The van der Waals surface area contributed by atoms with E-state index in [-0.39, 0.29) is 0 Å². The fourth-order valence-electron chi connectivity index (χ4n) is 6.19. The van der Waals surface area contributed by atoms with Crippen LogP contribution in [0.2, 0.25) is 0 Å². The molecule has 2 atom stereocenters. The van der Waals surface area contributed by atoms with Crippen LogP contribution in [0.3, 0.4) is 0 Å². The zero-order chi connectivity index (χ0) is 32.9. The predicted molar refractivity (Wildman–Crippen MR) is 210 cm³/mol. The Kier molecular flexibility index (Phi) is 10.8. The Morgan fingerprint density at radius 2 is 1.02 bits per heavy atom. The first kappa shape index (κ1) is 33.4. The standard InChI is InChI=1S/C42H44N2S3/c1-5-27(3)11-13-29-15-19-31(20-16-29)35-23-25-37(46-35)39-33-9-7-8-10-34(33)40(42(44-45)41(39)43)38-26-24-36(47-38)32-21-17-30(18-22-32)14-12-28(4)6-2/h7-10,15-28,43,45H,5-6,11-14H2,1-4H3/b43-41?,44-42-. The summed E-state index contributed by atoms with van der Waals surface area (Å²) >= 11 is 7.93. The summed E-state index contributed by atoms with van der Waals surface area (Å²) in [4.78, 5) is 4.60. The number of thiol groups is 1. The summed E-state index contributed by atoms with van der Waals surface area (Å²) in [7, 11) is 0. The van der Waals surface area contributed by atoms with Crippen molar-refractivity contribution in [1.29, 1.82) is 5.41 Å². The molecule has 1 aliphatic carbocycles. The van der Waals surface area contributed by atoms with Gasteiger partial charge in [0.05, 0.1) is 5.71 Å². The molecule has 1 aliphatic rings. The highest BCUT2D eigenvalue weighted by molar-refractivity contribution is 7.79. The summed E-state index contributed by atoms with van der Waals surface area (Å²) in [6, 6.07) is 35.3. The highest BCUT2D eigenvalue weighted by Gasteiger charge is 2.27. The van der Waals surface area contributed by atoms with Gasteiger partial charge in [-0.25, -0.2) is 4.40 Å². The molecule has 0 saturated carbocycles. The van der Waals surface area contributed by atoms with E-state index in [1.807, 2.05) is 0 Å². The number of rotatable bonds is 12. The van der Waals surface area contributed by atoms with Crippen molar-refractivity contribution in [2.45, 2.75) is 66.2 Å². The number of thiophene rings is 2. The lowest BCUT2D eigenvalue weighted by Gasteiger charge is -2.18. The average molecular weight is 673 g/mol. The van der Waals surface area contributed by atoms with E-state index in [1.165, 1.54) is 57.7 Å². The van der Waals surface area contributed by atoms with Crippen molar-refractivity contribution in [3.05, 3.63) is 128 Å². The maximum atomic E-state index is 9.44. The van der Waals surface area contributed by atoms with Gasteiger partial charge in [0, 0.05) is 30.7 Å². The molecule has 0 spiro atoms. The topological polar surface area (TPSA) is 36.2 Å². The van der Waals surface area contributed by atoms with Crippen LogP contribution >= 0.6 is 35.5 Å². The molecule has 2 nitrogen and oxygen atoms in total. The van der Waals surface area contributed by atoms with Crippen LogP contribution in [0, 0.1) is 17.2 Å². The van der Waals surface area contributed by atoms with Gasteiger partial charge in [0.25, 0.3) is 0 Å². The molecule has 2 unspecified atom stereocenters. The van der Waals surface area contributed by atoms with Gasteiger partial charge in [-0.3, -0.25) is 5.41 Å². The van der Waals surface area contributed by atoms with Gasteiger partial charge in [0.1, 0.15) is 5.71 Å². The number of nitrogens with zero attached hydrogens (tertiary/aromatic N) is 1. The Hall–Kier alpha value is -3.51. The van der Waals surface area contributed by atoms with Crippen molar-refractivity contribution in [3.8, 4) is 20.9 Å². The minimum Gasteiger partial charge on any atom is -0.298 e. The van der Waals surface area contributed by atoms with Crippen molar-refractivity contribution < 1.29 is 0 Å². The number of hydrogen-bond acceptors (Lipinski definition) is 5. The third-order valence-electron chi connectivity index (χ3n) is 9.72. The summed E-state index contributed by atoms with van der Waals surface area (Å²) in [6.45, 7) is 9.20. The summed E-state index contributed by atoms with van der Waals surface area (Å²) in [5.41, 5.74) is 8.17. The van der Waals surface area contributed by atoms with E-state index in [4.69, 9.17) is 0 Å². The Bertz CT molecular complexity index is 2010. The van der Waals surface area contributed by atoms with Crippen molar-refractivity contribution in [1.82, 2.24) is 0 Å². The van der Waals surface area contributed by atoms with Crippen LogP contribution in [0.4, 0.5) is 0 Å². The molecule has 0 radical (unpaired) electrons. The Morgan fingerprint density at radius 3 is 1.47 bits per heavy atom. The van der Waals surface area contributed by atoms with Crippen molar-refractivity contribution >= 4 is 58.1 Å². The molecule has 3 aromatic carbocycles. The lowest BCUT2D eigenvalue weighted by Crippen LogP contribution is -2.40. The molecule has 6 rings (SSSR count). The van der Waals surface area contributed by atoms with Gasteiger partial charge in [-0.1, -0.05) is 113 Å². The van der Waals surface area contributed by atoms with Crippen LogP contribution in [0.25, 0.3) is 32.0 Å². The first-order valence-corrected chi connectivity index (χ1v) is 19.0. The molecule has 240 valence electrons. The third kappa shape index (κ3) is 7.33. The molecular formula is C42H44N2S3. The van der Waals surface area contributed by atoms with E-state index >= 15 is 0 Å². The number of fused-ring (bicyclic) bond motifs is 1. The van der Waals surface area contributed by atoms with Crippen LogP contribution in [0.1, 0.15) is 74.3 Å². The van der Waals surface area contributed by atoms with E-state index in [1.54, 1.807) is 22.7 Å². The molecule has 0 aliphatic heterocycles. The van der Waals surface area contributed by atoms with E-state index in [9.17, 15) is 5.41 Å². The van der Waals surface area contributed by atoms with Crippen LogP contribution in [-0.2, 0) is 12.8 Å². The molecule has 5 aromatic rings. The SMILES string of the molecule is CCC(C)CCc1ccc(-c2ccc(C3=c4ccccc4=C(c4ccc(-c5ccc(CCC(C)CC)cc5)s4)/C(=N/S)C3=N)s2)cc1. The lowest BCUT2D eigenvalue weighted by molar-refractivity contribution is 0.516. The second-order valence-corrected chi connectivity index (χ2v) is 15.3. The second kappa shape index (κ2) is 15.1. The molecule has 47 heavy (non-hydrogen) atoms. The van der Waals surface area contributed by atoms with E-state index in [0.29, 0.717) is 11.4 Å². The minimum absolute atomic E-state index is 0.420. The molecule has 2 aromatic heterocycles. The number of aryl methyl sites for hydroxylation is 2. The molecule has 5 heteroatoms.